The van der Waals surface area contributed by atoms with E-state index >= 15 is 0 Å². The van der Waals surface area contributed by atoms with Crippen molar-refractivity contribution in [3.8, 4) is 5.75 Å². The summed E-state index contributed by atoms with van der Waals surface area (Å²) in [6.45, 7) is 2.48. The largest absolute Gasteiger partial charge is 0.494 e. The third kappa shape index (κ3) is 4.77. The van der Waals surface area contributed by atoms with Crippen LogP contribution in [0.3, 0.4) is 0 Å². The van der Waals surface area contributed by atoms with Crippen LogP contribution in [0.2, 0.25) is 0 Å². The van der Waals surface area contributed by atoms with E-state index in [-0.39, 0.29) is 11.7 Å². The molecule has 0 aliphatic heterocycles. The number of carbonyl (C=O) groups is 2. The zero-order chi connectivity index (χ0) is 19.2. The van der Waals surface area contributed by atoms with E-state index in [1.807, 2.05) is 6.92 Å². The Balaban J connectivity index is 1.74. The zero-order valence-electron chi connectivity index (χ0n) is 14.5. The predicted molar refractivity (Wildman–Crippen MR) is 106 cm³/mol. The Morgan fingerprint density at radius 1 is 0.963 bits per heavy atom. The van der Waals surface area contributed by atoms with E-state index in [9.17, 15) is 9.59 Å². The van der Waals surface area contributed by atoms with E-state index in [0.29, 0.717) is 28.2 Å². The Kier molecular flexibility index (Phi) is 5.93. The van der Waals surface area contributed by atoms with Gasteiger partial charge in [-0.1, -0.05) is 12.1 Å². The molecule has 0 radical (unpaired) electrons. The quantitative estimate of drug-likeness (QED) is 0.582. The van der Waals surface area contributed by atoms with Crippen LogP contribution in [0.1, 0.15) is 27.8 Å². The topological polar surface area (TPSA) is 80.6 Å². The highest BCUT2D eigenvalue weighted by molar-refractivity contribution is 9.10. The first-order chi connectivity index (χ1) is 13.1. The lowest BCUT2D eigenvalue weighted by molar-refractivity contribution is 0.0995. The number of rotatable bonds is 6. The average Bonchev–Trinajstić information content (AvgIpc) is 3.10. The minimum absolute atomic E-state index is 0.142. The van der Waals surface area contributed by atoms with Crippen LogP contribution < -0.4 is 15.4 Å². The molecule has 0 unspecified atom stereocenters. The first-order valence-electron chi connectivity index (χ1n) is 8.26. The number of halogens is 1. The van der Waals surface area contributed by atoms with Crippen molar-refractivity contribution in [2.24, 2.45) is 0 Å². The molecule has 3 rings (SSSR count). The molecular weight excluding hydrogens is 412 g/mol. The van der Waals surface area contributed by atoms with E-state index in [1.165, 1.54) is 0 Å². The molecule has 0 atom stereocenters. The van der Waals surface area contributed by atoms with Gasteiger partial charge in [0, 0.05) is 5.69 Å². The second-order valence-electron chi connectivity index (χ2n) is 5.51. The lowest BCUT2D eigenvalue weighted by atomic mass is 10.1. The summed E-state index contributed by atoms with van der Waals surface area (Å²) in [6.07, 6.45) is 0. The molecule has 3 aromatic rings. The number of para-hydroxylation sites is 1. The number of hydrogen-bond donors (Lipinski definition) is 2. The standard InChI is InChI=1S/C20H17BrN2O4/c1-2-26-14-9-7-13(8-10-14)22-19(24)15-5-3-4-6-16(15)23-20(25)17-11-12-18(21)27-17/h3-12H,2H2,1H3,(H,22,24)(H,23,25). The molecule has 0 fully saturated rings. The smallest absolute Gasteiger partial charge is 0.291 e. The Morgan fingerprint density at radius 3 is 2.37 bits per heavy atom. The molecule has 6 nitrogen and oxygen atoms in total. The number of ether oxygens (including phenoxy) is 1. The first kappa shape index (κ1) is 18.7. The SMILES string of the molecule is CCOc1ccc(NC(=O)c2ccccc2NC(=O)c2ccc(Br)o2)cc1. The molecule has 0 aliphatic rings. The predicted octanol–water partition coefficient (Wildman–Crippen LogP) is 4.95. The minimum Gasteiger partial charge on any atom is -0.494 e. The maximum absolute atomic E-state index is 12.6. The highest BCUT2D eigenvalue weighted by Gasteiger charge is 2.16. The Labute approximate surface area is 164 Å². The molecule has 0 aliphatic carbocycles. The summed E-state index contributed by atoms with van der Waals surface area (Å²) in [5, 5.41) is 5.51. The van der Waals surface area contributed by atoms with Crippen molar-refractivity contribution in [2.45, 2.75) is 6.92 Å². The number of furan rings is 1. The second kappa shape index (κ2) is 8.55. The van der Waals surface area contributed by atoms with E-state index in [0.717, 1.165) is 5.75 Å². The van der Waals surface area contributed by atoms with Crippen LogP contribution in [0.5, 0.6) is 5.75 Å². The van der Waals surface area contributed by atoms with Crippen LogP contribution >= 0.6 is 15.9 Å². The summed E-state index contributed by atoms with van der Waals surface area (Å²) < 4.78 is 11.1. The molecule has 27 heavy (non-hydrogen) atoms. The fraction of sp³-hybridized carbons (Fsp3) is 0.100. The Hall–Kier alpha value is -3.06. The third-order valence-electron chi connectivity index (χ3n) is 3.64. The van der Waals surface area contributed by atoms with E-state index in [1.54, 1.807) is 60.7 Å². The van der Waals surface area contributed by atoms with Crippen LogP contribution in [-0.4, -0.2) is 18.4 Å². The molecule has 0 spiro atoms. The summed E-state index contributed by atoms with van der Waals surface area (Å²) in [5.41, 5.74) is 1.35. The maximum Gasteiger partial charge on any atom is 0.291 e. The number of anilines is 2. The van der Waals surface area contributed by atoms with Crippen molar-refractivity contribution in [1.29, 1.82) is 0 Å². The molecule has 138 valence electrons. The van der Waals surface area contributed by atoms with Gasteiger partial charge in [0.25, 0.3) is 11.8 Å². The van der Waals surface area contributed by atoms with Gasteiger partial charge in [0.15, 0.2) is 10.4 Å². The highest BCUT2D eigenvalue weighted by atomic mass is 79.9. The molecular formula is C20H17BrN2O4. The van der Waals surface area contributed by atoms with Crippen LogP contribution in [0.15, 0.2) is 69.8 Å². The molecule has 2 amide bonds. The van der Waals surface area contributed by atoms with Crippen molar-refractivity contribution in [2.75, 3.05) is 17.2 Å². The molecule has 7 heteroatoms. The van der Waals surface area contributed by atoms with Gasteiger partial charge in [-0.2, -0.15) is 0 Å². The van der Waals surface area contributed by atoms with Gasteiger partial charge in [-0.3, -0.25) is 9.59 Å². The van der Waals surface area contributed by atoms with Crippen molar-refractivity contribution in [3.05, 3.63) is 76.7 Å². The fourth-order valence-corrected chi connectivity index (χ4v) is 2.72. The molecule has 2 N–H and O–H groups in total. The highest BCUT2D eigenvalue weighted by Crippen LogP contribution is 2.21. The molecule has 0 bridgehead atoms. The molecule has 1 heterocycles. The first-order valence-corrected chi connectivity index (χ1v) is 9.06. The van der Waals surface area contributed by atoms with Gasteiger partial charge < -0.3 is 19.8 Å². The van der Waals surface area contributed by atoms with Crippen molar-refractivity contribution >= 4 is 39.1 Å². The van der Waals surface area contributed by atoms with E-state index in [4.69, 9.17) is 9.15 Å². The van der Waals surface area contributed by atoms with E-state index in [2.05, 4.69) is 26.6 Å². The molecule has 1 aromatic heterocycles. The Morgan fingerprint density at radius 2 is 1.70 bits per heavy atom. The van der Waals surface area contributed by atoms with Crippen molar-refractivity contribution in [3.63, 3.8) is 0 Å². The van der Waals surface area contributed by atoms with Crippen LogP contribution in [-0.2, 0) is 0 Å². The summed E-state index contributed by atoms with van der Waals surface area (Å²) >= 11 is 3.16. The van der Waals surface area contributed by atoms with Gasteiger partial charge in [-0.25, -0.2) is 0 Å². The number of benzene rings is 2. The number of amides is 2. The summed E-state index contributed by atoms with van der Waals surface area (Å²) in [7, 11) is 0. The van der Waals surface area contributed by atoms with Crippen LogP contribution in [0.25, 0.3) is 0 Å². The fourth-order valence-electron chi connectivity index (χ4n) is 2.41. The Bertz CT molecular complexity index is 951. The molecule has 2 aromatic carbocycles. The lowest BCUT2D eigenvalue weighted by Crippen LogP contribution is -2.18. The van der Waals surface area contributed by atoms with Crippen molar-refractivity contribution < 1.29 is 18.7 Å². The van der Waals surface area contributed by atoms with Crippen LogP contribution in [0.4, 0.5) is 11.4 Å². The molecule has 0 saturated heterocycles. The molecule has 0 saturated carbocycles. The maximum atomic E-state index is 12.6. The monoisotopic (exact) mass is 428 g/mol. The van der Waals surface area contributed by atoms with Crippen LogP contribution in [0, 0.1) is 0 Å². The summed E-state index contributed by atoms with van der Waals surface area (Å²) in [4.78, 5) is 24.9. The van der Waals surface area contributed by atoms with Crippen molar-refractivity contribution in [1.82, 2.24) is 0 Å². The van der Waals surface area contributed by atoms with Gasteiger partial charge in [0.2, 0.25) is 0 Å². The number of hydrogen-bond acceptors (Lipinski definition) is 4. The normalized spacial score (nSPS) is 10.3. The average molecular weight is 429 g/mol. The van der Waals surface area contributed by atoms with Gasteiger partial charge in [-0.05, 0) is 71.4 Å². The number of carbonyl (C=O) groups excluding carboxylic acids is 2. The van der Waals surface area contributed by atoms with E-state index < -0.39 is 5.91 Å². The van der Waals surface area contributed by atoms with Gasteiger partial charge in [0.05, 0.1) is 17.9 Å². The minimum atomic E-state index is -0.443. The second-order valence-corrected chi connectivity index (χ2v) is 6.30. The lowest BCUT2D eigenvalue weighted by Gasteiger charge is -2.11. The van der Waals surface area contributed by atoms with Gasteiger partial charge in [0.1, 0.15) is 5.75 Å². The zero-order valence-corrected chi connectivity index (χ0v) is 16.1. The summed E-state index contributed by atoms with van der Waals surface area (Å²) in [5.74, 6) is 0.0917. The third-order valence-corrected chi connectivity index (χ3v) is 4.07. The summed E-state index contributed by atoms with van der Waals surface area (Å²) in [6, 6.07) is 17.0. The van der Waals surface area contributed by atoms with Gasteiger partial charge >= 0.3 is 0 Å². The van der Waals surface area contributed by atoms with Gasteiger partial charge in [-0.15, -0.1) is 0 Å². The number of nitrogens with one attached hydrogen (secondary N) is 2.